The summed E-state index contributed by atoms with van der Waals surface area (Å²) in [5.41, 5.74) is 0.103. The molecule has 2 heteroatoms. The van der Waals surface area contributed by atoms with Gasteiger partial charge in [-0.2, -0.15) is 0 Å². The molecule has 1 unspecified atom stereocenters. The summed E-state index contributed by atoms with van der Waals surface area (Å²) in [4.78, 5) is 0. The normalized spacial score (nSPS) is 27.2. The van der Waals surface area contributed by atoms with Crippen molar-refractivity contribution >= 4 is 0 Å². The van der Waals surface area contributed by atoms with E-state index in [1.54, 1.807) is 12.1 Å². The molecule has 1 aromatic carbocycles. The van der Waals surface area contributed by atoms with Crippen LogP contribution >= 0.6 is 0 Å². The molecule has 0 fully saturated rings. The van der Waals surface area contributed by atoms with Crippen molar-refractivity contribution < 1.29 is 9.50 Å². The minimum Gasteiger partial charge on any atom is -0.508 e. The van der Waals surface area contributed by atoms with Crippen LogP contribution in [0, 0.1) is 0 Å². The van der Waals surface area contributed by atoms with Gasteiger partial charge in [0.25, 0.3) is 0 Å². The maximum Gasteiger partial charge on any atom is 0.137 e. The molecule has 1 aliphatic carbocycles. The Hall–Kier alpha value is -1.05. The van der Waals surface area contributed by atoms with Crippen molar-refractivity contribution in [1.29, 1.82) is 0 Å². The fourth-order valence-electron chi connectivity index (χ4n) is 1.89. The summed E-state index contributed by atoms with van der Waals surface area (Å²) < 4.78 is 13.7. The zero-order chi connectivity index (χ0) is 8.77. The van der Waals surface area contributed by atoms with Gasteiger partial charge in [-0.1, -0.05) is 12.1 Å². The topological polar surface area (TPSA) is 20.2 Å². The van der Waals surface area contributed by atoms with Crippen LogP contribution in [0.15, 0.2) is 18.2 Å². The molecule has 12 heavy (non-hydrogen) atoms. The van der Waals surface area contributed by atoms with Crippen LogP contribution in [0.2, 0.25) is 0 Å². The summed E-state index contributed by atoms with van der Waals surface area (Å²) in [5, 5.41) is 9.43. The van der Waals surface area contributed by atoms with Gasteiger partial charge in [0.05, 0.1) is 0 Å². The van der Waals surface area contributed by atoms with Crippen LogP contribution in [0.1, 0.15) is 24.5 Å². The van der Waals surface area contributed by atoms with Gasteiger partial charge in [-0.15, -0.1) is 0 Å². The molecule has 0 saturated heterocycles. The van der Waals surface area contributed by atoms with Crippen molar-refractivity contribution in [1.82, 2.24) is 0 Å². The molecule has 0 heterocycles. The molecule has 64 valence electrons. The Labute approximate surface area is 70.8 Å². The number of aromatic hydroxyl groups is 1. The van der Waals surface area contributed by atoms with Crippen LogP contribution in [-0.2, 0) is 12.1 Å². The third-order valence-corrected chi connectivity index (χ3v) is 2.51. The van der Waals surface area contributed by atoms with Gasteiger partial charge in [0, 0.05) is 5.56 Å². The second-order valence-corrected chi connectivity index (χ2v) is 3.51. The van der Waals surface area contributed by atoms with E-state index in [2.05, 4.69) is 0 Å². The Morgan fingerprint density at radius 1 is 1.50 bits per heavy atom. The molecule has 1 nitrogen and oxygen atoms in total. The highest BCUT2D eigenvalue weighted by atomic mass is 19.1. The summed E-state index contributed by atoms with van der Waals surface area (Å²) in [6.07, 6.45) is 1.22. The molecule has 2 rings (SSSR count). The number of fused-ring (bicyclic) bond motifs is 1. The van der Waals surface area contributed by atoms with Crippen molar-refractivity contribution in [3.8, 4) is 5.75 Å². The Morgan fingerprint density at radius 3 is 2.92 bits per heavy atom. The first-order chi connectivity index (χ1) is 5.61. The highest BCUT2D eigenvalue weighted by Gasteiger charge is 2.36. The summed E-state index contributed by atoms with van der Waals surface area (Å²) in [6, 6.07) is 5.18. The summed E-state index contributed by atoms with van der Waals surface area (Å²) in [6.45, 7) is 1.53. The van der Waals surface area contributed by atoms with Crippen molar-refractivity contribution in [2.75, 3.05) is 0 Å². The molecule has 0 aliphatic heterocycles. The Morgan fingerprint density at radius 2 is 2.25 bits per heavy atom. The maximum atomic E-state index is 13.7. The molecule has 0 amide bonds. The van der Waals surface area contributed by atoms with Crippen LogP contribution in [0.3, 0.4) is 0 Å². The van der Waals surface area contributed by atoms with Gasteiger partial charge in [-0.3, -0.25) is 0 Å². The van der Waals surface area contributed by atoms with E-state index >= 15 is 0 Å². The molecular formula is C10H11FO. The van der Waals surface area contributed by atoms with E-state index in [9.17, 15) is 9.50 Å². The molecule has 0 radical (unpaired) electrons. The largest absolute Gasteiger partial charge is 0.508 e. The first kappa shape index (κ1) is 7.59. The van der Waals surface area contributed by atoms with E-state index in [1.165, 1.54) is 6.92 Å². The summed E-state index contributed by atoms with van der Waals surface area (Å²) in [7, 11) is 0. The zero-order valence-corrected chi connectivity index (χ0v) is 6.97. The standard InChI is InChI=1S/C10H11FO/c1-10(11)6-5-7-3-2-4-8(12)9(7)10/h2-4,12H,5-6H2,1H3. The van der Waals surface area contributed by atoms with Crippen molar-refractivity contribution in [2.45, 2.75) is 25.4 Å². The highest BCUT2D eigenvalue weighted by Crippen LogP contribution is 2.44. The third-order valence-electron chi connectivity index (χ3n) is 2.51. The van der Waals surface area contributed by atoms with Gasteiger partial charge in [-0.05, 0) is 31.4 Å². The number of alkyl halides is 1. The number of phenolic OH excluding ortho intramolecular Hbond substituents is 1. The smallest absolute Gasteiger partial charge is 0.137 e. The Kier molecular flexibility index (Phi) is 1.40. The van der Waals surface area contributed by atoms with Gasteiger partial charge in [0.15, 0.2) is 0 Å². The van der Waals surface area contributed by atoms with Crippen LogP contribution < -0.4 is 0 Å². The number of halogens is 1. The lowest BCUT2D eigenvalue weighted by molar-refractivity contribution is 0.189. The molecule has 1 N–H and O–H groups in total. The lowest BCUT2D eigenvalue weighted by atomic mass is 9.99. The molecule has 1 atom stereocenters. The minimum absolute atomic E-state index is 0.0926. The number of hydrogen-bond donors (Lipinski definition) is 1. The number of phenols is 1. The molecule has 0 saturated carbocycles. The van der Waals surface area contributed by atoms with Crippen LogP contribution in [-0.4, -0.2) is 5.11 Å². The molecular weight excluding hydrogens is 155 g/mol. The first-order valence-corrected chi connectivity index (χ1v) is 4.11. The summed E-state index contributed by atoms with van der Waals surface area (Å²) in [5.74, 6) is 0.0926. The monoisotopic (exact) mass is 166 g/mol. The molecule has 0 spiro atoms. The zero-order valence-electron chi connectivity index (χ0n) is 6.97. The number of aryl methyl sites for hydroxylation is 1. The lowest BCUT2D eigenvalue weighted by Gasteiger charge is -2.14. The van der Waals surface area contributed by atoms with E-state index in [4.69, 9.17) is 0 Å². The number of benzene rings is 1. The van der Waals surface area contributed by atoms with Gasteiger partial charge < -0.3 is 5.11 Å². The second-order valence-electron chi connectivity index (χ2n) is 3.51. The van der Waals surface area contributed by atoms with Crippen LogP contribution in [0.5, 0.6) is 5.75 Å². The van der Waals surface area contributed by atoms with E-state index in [-0.39, 0.29) is 5.75 Å². The van der Waals surface area contributed by atoms with E-state index in [0.717, 1.165) is 12.0 Å². The van der Waals surface area contributed by atoms with Crippen molar-refractivity contribution in [3.05, 3.63) is 29.3 Å². The number of rotatable bonds is 0. The molecule has 0 aromatic heterocycles. The number of hydrogen-bond acceptors (Lipinski definition) is 1. The van der Waals surface area contributed by atoms with E-state index in [1.807, 2.05) is 6.07 Å². The molecule has 1 aromatic rings. The predicted molar refractivity (Wildman–Crippen MR) is 44.9 cm³/mol. The van der Waals surface area contributed by atoms with Crippen molar-refractivity contribution in [2.24, 2.45) is 0 Å². The average Bonchev–Trinajstić information content (AvgIpc) is 2.29. The van der Waals surface area contributed by atoms with E-state index < -0.39 is 5.67 Å². The van der Waals surface area contributed by atoms with Gasteiger partial charge >= 0.3 is 0 Å². The van der Waals surface area contributed by atoms with Crippen LogP contribution in [0.25, 0.3) is 0 Å². The van der Waals surface area contributed by atoms with Gasteiger partial charge in [-0.25, -0.2) is 4.39 Å². The Balaban J connectivity index is 2.64. The highest BCUT2D eigenvalue weighted by molar-refractivity contribution is 5.46. The van der Waals surface area contributed by atoms with Crippen LogP contribution in [0.4, 0.5) is 4.39 Å². The summed E-state index contributed by atoms with van der Waals surface area (Å²) >= 11 is 0. The SMILES string of the molecule is CC1(F)CCc2cccc(O)c21. The average molecular weight is 166 g/mol. The van der Waals surface area contributed by atoms with Crippen molar-refractivity contribution in [3.63, 3.8) is 0 Å². The fraction of sp³-hybridized carbons (Fsp3) is 0.400. The predicted octanol–water partition coefficient (Wildman–Crippen LogP) is 2.52. The minimum atomic E-state index is -1.33. The fourth-order valence-corrected chi connectivity index (χ4v) is 1.89. The van der Waals surface area contributed by atoms with Gasteiger partial charge in [0.2, 0.25) is 0 Å². The third kappa shape index (κ3) is 0.909. The first-order valence-electron chi connectivity index (χ1n) is 4.11. The quantitative estimate of drug-likeness (QED) is 0.627. The lowest BCUT2D eigenvalue weighted by Crippen LogP contribution is -2.09. The van der Waals surface area contributed by atoms with Gasteiger partial charge in [0.1, 0.15) is 11.4 Å². The Bertz CT molecular complexity index is 318. The molecule has 1 aliphatic rings. The second kappa shape index (κ2) is 2.22. The van der Waals surface area contributed by atoms with E-state index in [0.29, 0.717) is 12.0 Å². The maximum absolute atomic E-state index is 13.7. The molecule has 0 bridgehead atoms.